The van der Waals surface area contributed by atoms with Crippen molar-refractivity contribution < 1.29 is 19.1 Å². The summed E-state index contributed by atoms with van der Waals surface area (Å²) in [5, 5.41) is 8.45. The second-order valence-electron chi connectivity index (χ2n) is 7.88. The van der Waals surface area contributed by atoms with Crippen LogP contribution < -0.4 is 10.6 Å². The predicted octanol–water partition coefficient (Wildman–Crippen LogP) is 1.99. The zero-order chi connectivity index (χ0) is 22.1. The molecule has 2 heterocycles. The van der Waals surface area contributed by atoms with Gasteiger partial charge in [-0.1, -0.05) is 26.7 Å². The van der Waals surface area contributed by atoms with Crippen LogP contribution in [-0.2, 0) is 20.7 Å². The van der Waals surface area contributed by atoms with Gasteiger partial charge in [0.2, 0.25) is 11.8 Å². The third-order valence-electron chi connectivity index (χ3n) is 5.68. The summed E-state index contributed by atoms with van der Waals surface area (Å²) < 4.78 is 4.66. The number of carbonyl (C=O) groups excluding carboxylic acids is 3. The minimum atomic E-state index is -0.538. The number of hydrogen-bond acceptors (Lipinski definition) is 7. The van der Waals surface area contributed by atoms with E-state index >= 15 is 0 Å². The molecule has 1 aliphatic rings. The minimum absolute atomic E-state index is 0.0458. The van der Waals surface area contributed by atoms with Crippen LogP contribution in [-0.4, -0.2) is 67.0 Å². The molecule has 2 rings (SSSR count). The minimum Gasteiger partial charge on any atom is -0.464 e. The molecule has 9 heteroatoms. The fourth-order valence-electron chi connectivity index (χ4n) is 3.54. The number of aryl methyl sites for hydroxylation is 1. The number of carbonyl (C=O) groups is 3. The fourth-order valence-corrected chi connectivity index (χ4v) is 4.35. The maximum absolute atomic E-state index is 12.8. The van der Waals surface area contributed by atoms with Gasteiger partial charge < -0.3 is 15.4 Å². The number of likely N-dealkylation sites (N-methyl/N-ethyl adjacent to an activating group) is 1. The highest BCUT2D eigenvalue weighted by molar-refractivity contribution is 7.09. The summed E-state index contributed by atoms with van der Waals surface area (Å²) in [7, 11) is 3.29. The number of nitrogens with one attached hydrogen (secondary N) is 2. The second kappa shape index (κ2) is 12.0. The first-order valence-electron chi connectivity index (χ1n) is 10.7. The van der Waals surface area contributed by atoms with Crippen LogP contribution in [0.15, 0.2) is 5.38 Å². The van der Waals surface area contributed by atoms with E-state index in [1.807, 2.05) is 20.9 Å². The molecule has 3 unspecified atom stereocenters. The lowest BCUT2D eigenvalue weighted by atomic mass is 9.96. The van der Waals surface area contributed by atoms with Crippen LogP contribution in [0.2, 0.25) is 0 Å². The van der Waals surface area contributed by atoms with Gasteiger partial charge in [0.1, 0.15) is 6.04 Å². The Morgan fingerprint density at radius 2 is 2.13 bits per heavy atom. The number of thiazole rings is 1. The maximum Gasteiger partial charge on any atom is 0.357 e. The van der Waals surface area contributed by atoms with Crippen LogP contribution >= 0.6 is 11.3 Å². The number of esters is 1. The first-order valence-corrected chi connectivity index (χ1v) is 11.6. The van der Waals surface area contributed by atoms with Crippen molar-refractivity contribution in [2.24, 2.45) is 5.92 Å². The maximum atomic E-state index is 12.8. The predicted molar refractivity (Wildman–Crippen MR) is 116 cm³/mol. The van der Waals surface area contributed by atoms with E-state index in [4.69, 9.17) is 0 Å². The fraction of sp³-hybridized carbons (Fsp3) is 0.714. The number of aromatic nitrogens is 1. The van der Waals surface area contributed by atoms with Crippen molar-refractivity contribution in [2.45, 2.75) is 64.5 Å². The van der Waals surface area contributed by atoms with Crippen LogP contribution in [0.3, 0.4) is 0 Å². The number of ether oxygens (including phenoxy) is 1. The summed E-state index contributed by atoms with van der Waals surface area (Å²) in [5.74, 6) is -0.604. The number of likely N-dealkylation sites (tertiary alicyclic amines) is 1. The normalized spacial score (nSPS) is 19.0. The van der Waals surface area contributed by atoms with E-state index in [2.05, 4.69) is 25.3 Å². The molecule has 1 saturated heterocycles. The van der Waals surface area contributed by atoms with Crippen molar-refractivity contribution in [3.63, 3.8) is 0 Å². The Balaban J connectivity index is 1.83. The van der Waals surface area contributed by atoms with Crippen molar-refractivity contribution >= 4 is 29.1 Å². The van der Waals surface area contributed by atoms with E-state index in [1.54, 1.807) is 5.38 Å². The first kappa shape index (κ1) is 24.3. The topological polar surface area (TPSA) is 101 Å². The van der Waals surface area contributed by atoms with E-state index in [0.29, 0.717) is 25.1 Å². The lowest BCUT2D eigenvalue weighted by Gasteiger charge is -2.33. The molecule has 8 nitrogen and oxygen atoms in total. The van der Waals surface area contributed by atoms with Gasteiger partial charge in [-0.3, -0.25) is 14.5 Å². The van der Waals surface area contributed by atoms with Crippen LogP contribution in [0, 0.1) is 5.92 Å². The van der Waals surface area contributed by atoms with Gasteiger partial charge in [-0.25, -0.2) is 9.78 Å². The monoisotopic (exact) mass is 438 g/mol. The zero-order valence-corrected chi connectivity index (χ0v) is 19.2. The second-order valence-corrected chi connectivity index (χ2v) is 8.82. The van der Waals surface area contributed by atoms with Crippen molar-refractivity contribution in [3.05, 3.63) is 16.1 Å². The molecule has 168 valence electrons. The molecule has 3 atom stereocenters. The van der Waals surface area contributed by atoms with Crippen LogP contribution in [0.5, 0.6) is 0 Å². The van der Waals surface area contributed by atoms with Crippen LogP contribution in [0.4, 0.5) is 0 Å². The van der Waals surface area contributed by atoms with E-state index in [0.717, 1.165) is 37.2 Å². The summed E-state index contributed by atoms with van der Waals surface area (Å²) in [4.78, 5) is 43.3. The molecule has 1 aliphatic heterocycles. The number of methoxy groups -OCH3 is 1. The lowest BCUT2D eigenvalue weighted by Crippen LogP contribution is -2.56. The van der Waals surface area contributed by atoms with E-state index in [9.17, 15) is 14.4 Å². The Morgan fingerprint density at radius 1 is 1.37 bits per heavy atom. The van der Waals surface area contributed by atoms with Gasteiger partial charge >= 0.3 is 5.97 Å². The average Bonchev–Trinajstić information content (AvgIpc) is 3.22. The Morgan fingerprint density at radius 3 is 2.80 bits per heavy atom. The molecule has 0 saturated carbocycles. The Hall–Kier alpha value is -2.00. The summed E-state index contributed by atoms with van der Waals surface area (Å²) >= 11 is 1.40. The number of piperidine rings is 1. The molecule has 0 radical (unpaired) electrons. The summed E-state index contributed by atoms with van der Waals surface area (Å²) in [5.41, 5.74) is 0.314. The van der Waals surface area contributed by atoms with Gasteiger partial charge in [-0.15, -0.1) is 11.3 Å². The van der Waals surface area contributed by atoms with Crippen LogP contribution in [0.1, 0.15) is 61.4 Å². The third-order valence-corrected chi connectivity index (χ3v) is 6.59. The Bertz CT molecular complexity index is 724. The molecule has 0 spiro atoms. The number of hydrogen-bond donors (Lipinski definition) is 2. The summed E-state index contributed by atoms with van der Waals surface area (Å²) in [6, 6.07) is -0.698. The zero-order valence-electron chi connectivity index (χ0n) is 18.4. The van der Waals surface area contributed by atoms with Crippen molar-refractivity contribution in [1.82, 2.24) is 20.5 Å². The molecule has 1 aromatic heterocycles. The number of nitrogens with zero attached hydrogens (tertiary/aromatic N) is 2. The molecule has 2 N–H and O–H groups in total. The van der Waals surface area contributed by atoms with Gasteiger partial charge in [0.15, 0.2) is 5.69 Å². The largest absolute Gasteiger partial charge is 0.464 e. The van der Waals surface area contributed by atoms with Crippen molar-refractivity contribution in [3.8, 4) is 0 Å². The van der Waals surface area contributed by atoms with Gasteiger partial charge in [0.05, 0.1) is 18.2 Å². The SMILES string of the molecule is CCC(C)C(NC(=O)C1CCCCN1C)C(=O)NCCCc1nc(C(=O)OC)cs1. The number of amides is 2. The average molecular weight is 439 g/mol. The van der Waals surface area contributed by atoms with E-state index in [-0.39, 0.29) is 23.8 Å². The van der Waals surface area contributed by atoms with Gasteiger partial charge in [0.25, 0.3) is 0 Å². The van der Waals surface area contributed by atoms with E-state index < -0.39 is 12.0 Å². The lowest BCUT2D eigenvalue weighted by molar-refractivity contribution is -0.133. The number of rotatable bonds is 10. The van der Waals surface area contributed by atoms with Crippen molar-refractivity contribution in [2.75, 3.05) is 27.2 Å². The van der Waals surface area contributed by atoms with Gasteiger partial charge in [-0.2, -0.15) is 0 Å². The highest BCUT2D eigenvalue weighted by Crippen LogP contribution is 2.17. The molecule has 30 heavy (non-hydrogen) atoms. The Labute approximate surface area is 182 Å². The molecule has 2 amide bonds. The standard InChI is InChI=1S/C21H34N4O4S/c1-5-14(2)18(24-19(26)16-9-6-7-12-25(16)3)20(27)22-11-8-10-17-23-15(13-30-17)21(28)29-4/h13-14,16,18H,5-12H2,1-4H3,(H,22,27)(H,24,26). The molecule has 0 aliphatic carbocycles. The van der Waals surface area contributed by atoms with Gasteiger partial charge in [0, 0.05) is 18.3 Å². The first-order chi connectivity index (χ1) is 14.4. The molecule has 1 fully saturated rings. The van der Waals surface area contributed by atoms with Crippen LogP contribution in [0.25, 0.3) is 0 Å². The summed E-state index contributed by atoms with van der Waals surface area (Å²) in [6.07, 6.45) is 5.14. The van der Waals surface area contributed by atoms with Gasteiger partial charge in [-0.05, 0) is 38.8 Å². The summed E-state index contributed by atoms with van der Waals surface area (Å²) in [6.45, 7) is 5.40. The van der Waals surface area contributed by atoms with E-state index in [1.165, 1.54) is 18.4 Å². The third kappa shape index (κ3) is 6.77. The smallest absolute Gasteiger partial charge is 0.357 e. The quantitative estimate of drug-likeness (QED) is 0.428. The molecule has 0 bridgehead atoms. The molecule has 0 aromatic carbocycles. The molecule has 1 aromatic rings. The Kier molecular flexibility index (Phi) is 9.71. The molecular weight excluding hydrogens is 404 g/mol. The highest BCUT2D eigenvalue weighted by atomic mass is 32.1. The molecular formula is C21H34N4O4S. The van der Waals surface area contributed by atoms with Crippen molar-refractivity contribution in [1.29, 1.82) is 0 Å². The highest BCUT2D eigenvalue weighted by Gasteiger charge is 2.31.